The summed E-state index contributed by atoms with van der Waals surface area (Å²) in [5.74, 6) is 0. The highest BCUT2D eigenvalue weighted by molar-refractivity contribution is 5.69. The van der Waals surface area contributed by atoms with E-state index in [0.717, 1.165) is 6.54 Å². The van der Waals surface area contributed by atoms with Crippen LogP contribution >= 0.6 is 0 Å². The third-order valence-corrected chi connectivity index (χ3v) is 0.429. The number of hydrogen-bond donors (Lipinski definition) is 1. The van der Waals surface area contributed by atoms with Gasteiger partial charge in [0, 0.05) is 12.8 Å². The van der Waals surface area contributed by atoms with Crippen LogP contribution in [0.3, 0.4) is 0 Å². The van der Waals surface area contributed by atoms with E-state index in [9.17, 15) is 0 Å². The molecule has 0 saturated heterocycles. The van der Waals surface area contributed by atoms with Crippen molar-refractivity contribution in [1.29, 1.82) is 0 Å². The second-order valence-electron chi connectivity index (χ2n) is 1.03. The minimum atomic E-state index is 0.865. The van der Waals surface area contributed by atoms with Gasteiger partial charge in [0.25, 0.3) is 0 Å². The van der Waals surface area contributed by atoms with Gasteiger partial charge in [-0.3, -0.25) is 0 Å². The third-order valence-electron chi connectivity index (χ3n) is 0.429. The van der Waals surface area contributed by atoms with Gasteiger partial charge >= 0.3 is 0 Å². The van der Waals surface area contributed by atoms with Crippen LogP contribution < -0.4 is 5.43 Å². The van der Waals surface area contributed by atoms with Crippen LogP contribution in [0.2, 0.25) is 0 Å². The Kier molecular flexibility index (Phi) is 19.3. The van der Waals surface area contributed by atoms with Crippen LogP contribution in [0.4, 0.5) is 0 Å². The Bertz CT molecular complexity index is 67.3. The number of allylic oxidation sites excluding steroid dienone is 1. The summed E-state index contributed by atoms with van der Waals surface area (Å²) in [5, 5.41) is 3.72. The summed E-state index contributed by atoms with van der Waals surface area (Å²) in [6, 6.07) is 0. The number of nitrogens with one attached hydrogen (secondary N) is 1. The van der Waals surface area contributed by atoms with Crippen molar-refractivity contribution < 1.29 is 0 Å². The highest BCUT2D eigenvalue weighted by Gasteiger charge is 1.60. The van der Waals surface area contributed by atoms with Crippen molar-refractivity contribution in [2.45, 2.75) is 20.8 Å². The number of hydrogen-bond acceptors (Lipinski definition) is 2. The van der Waals surface area contributed by atoms with E-state index in [2.05, 4.69) is 17.1 Å². The molecule has 9 heavy (non-hydrogen) atoms. The molecule has 0 aromatic rings. The molecular formula is C7H16N2. The van der Waals surface area contributed by atoms with Gasteiger partial charge in [0.1, 0.15) is 0 Å². The molecule has 0 amide bonds. The fourth-order valence-electron chi connectivity index (χ4n) is 0.197. The van der Waals surface area contributed by atoms with E-state index in [1.165, 1.54) is 0 Å². The Labute approximate surface area is 57.7 Å². The van der Waals surface area contributed by atoms with E-state index in [1.54, 1.807) is 12.3 Å². The minimum absolute atomic E-state index is 0.865. The molecule has 0 aliphatic heterocycles. The average molecular weight is 128 g/mol. The highest BCUT2D eigenvalue weighted by atomic mass is 15.3. The molecule has 0 unspecified atom stereocenters. The Balaban J connectivity index is 0. The maximum Gasteiger partial charge on any atom is 0.0462 e. The van der Waals surface area contributed by atoms with E-state index < -0.39 is 0 Å². The summed E-state index contributed by atoms with van der Waals surface area (Å²) in [5.41, 5.74) is 2.75. The minimum Gasteiger partial charge on any atom is -0.310 e. The van der Waals surface area contributed by atoms with Crippen LogP contribution in [0.1, 0.15) is 20.8 Å². The predicted octanol–water partition coefficient (Wildman–Crippen LogP) is 1.79. The summed E-state index contributed by atoms with van der Waals surface area (Å²) in [7, 11) is 0. The molecule has 0 fully saturated rings. The highest BCUT2D eigenvalue weighted by Crippen LogP contribution is 1.55. The van der Waals surface area contributed by atoms with Gasteiger partial charge in [-0.2, -0.15) is 5.10 Å². The Morgan fingerprint density at radius 2 is 2.11 bits per heavy atom. The van der Waals surface area contributed by atoms with Gasteiger partial charge in [0.05, 0.1) is 0 Å². The molecule has 0 aromatic heterocycles. The maximum absolute atomic E-state index is 3.72. The van der Waals surface area contributed by atoms with Crippen LogP contribution in [0, 0.1) is 0 Å². The molecule has 2 nitrogen and oxygen atoms in total. The Morgan fingerprint density at radius 1 is 1.56 bits per heavy atom. The molecule has 0 radical (unpaired) electrons. The van der Waals surface area contributed by atoms with Crippen LogP contribution in [0.25, 0.3) is 0 Å². The van der Waals surface area contributed by atoms with Crippen LogP contribution in [-0.2, 0) is 0 Å². The van der Waals surface area contributed by atoms with Crippen molar-refractivity contribution in [2.75, 3.05) is 6.54 Å². The normalized spacial score (nSPS) is 7.89. The second kappa shape index (κ2) is 15.7. The SMILES string of the molecule is C=C/C=N\NCC.CC. The Hall–Kier alpha value is -0.790. The number of rotatable bonds is 3. The summed E-state index contributed by atoms with van der Waals surface area (Å²) < 4.78 is 0. The maximum atomic E-state index is 3.72. The van der Waals surface area contributed by atoms with Crippen molar-refractivity contribution >= 4 is 6.21 Å². The quantitative estimate of drug-likeness (QED) is 0.455. The smallest absolute Gasteiger partial charge is 0.0462 e. The third kappa shape index (κ3) is 19.0. The van der Waals surface area contributed by atoms with Crippen molar-refractivity contribution in [2.24, 2.45) is 5.10 Å². The molecule has 0 aromatic carbocycles. The van der Waals surface area contributed by atoms with E-state index >= 15 is 0 Å². The van der Waals surface area contributed by atoms with E-state index in [4.69, 9.17) is 0 Å². The lowest BCUT2D eigenvalue weighted by Crippen LogP contribution is -2.01. The van der Waals surface area contributed by atoms with Crippen molar-refractivity contribution in [3.05, 3.63) is 12.7 Å². The summed E-state index contributed by atoms with van der Waals surface area (Å²) in [4.78, 5) is 0. The van der Waals surface area contributed by atoms with Gasteiger partial charge in [-0.15, -0.1) is 0 Å². The monoisotopic (exact) mass is 128 g/mol. The van der Waals surface area contributed by atoms with Crippen LogP contribution in [0.5, 0.6) is 0 Å². The standard InChI is InChI=1S/C5H10N2.C2H6/c1-3-5-7-6-4-2;1-2/h3,5-6H,1,4H2,2H3;1-2H3/b7-5-;. The van der Waals surface area contributed by atoms with E-state index in [1.807, 2.05) is 20.8 Å². The number of nitrogens with zero attached hydrogens (tertiary/aromatic N) is 1. The molecule has 2 heteroatoms. The van der Waals surface area contributed by atoms with Crippen molar-refractivity contribution in [3.8, 4) is 0 Å². The molecule has 0 atom stereocenters. The van der Waals surface area contributed by atoms with E-state index in [-0.39, 0.29) is 0 Å². The Morgan fingerprint density at radius 3 is 2.44 bits per heavy atom. The molecule has 1 N–H and O–H groups in total. The van der Waals surface area contributed by atoms with E-state index in [0.29, 0.717) is 0 Å². The molecule has 0 bridgehead atoms. The number of hydrazone groups is 1. The van der Waals surface area contributed by atoms with Crippen LogP contribution in [0.15, 0.2) is 17.8 Å². The van der Waals surface area contributed by atoms with Gasteiger partial charge in [-0.25, -0.2) is 0 Å². The predicted molar refractivity (Wildman–Crippen MR) is 43.7 cm³/mol. The van der Waals surface area contributed by atoms with Crippen molar-refractivity contribution in [3.63, 3.8) is 0 Å². The van der Waals surface area contributed by atoms with Gasteiger partial charge < -0.3 is 5.43 Å². The molecule has 0 spiro atoms. The molecule has 0 rings (SSSR count). The summed E-state index contributed by atoms with van der Waals surface area (Å²) >= 11 is 0. The summed E-state index contributed by atoms with van der Waals surface area (Å²) in [6.07, 6.45) is 3.24. The molecule has 54 valence electrons. The average Bonchev–Trinajstić information content (AvgIpc) is 1.94. The largest absolute Gasteiger partial charge is 0.310 e. The first kappa shape index (κ1) is 11.1. The molecular weight excluding hydrogens is 112 g/mol. The fourth-order valence-corrected chi connectivity index (χ4v) is 0.197. The fraction of sp³-hybridized carbons (Fsp3) is 0.571. The molecule has 0 heterocycles. The molecule has 0 saturated carbocycles. The first-order chi connectivity index (χ1) is 4.41. The topological polar surface area (TPSA) is 24.4 Å². The lowest BCUT2D eigenvalue weighted by Gasteiger charge is -1.85. The van der Waals surface area contributed by atoms with Crippen LogP contribution in [-0.4, -0.2) is 12.8 Å². The molecule has 0 aliphatic carbocycles. The molecule has 0 aliphatic rings. The van der Waals surface area contributed by atoms with Gasteiger partial charge in [0.15, 0.2) is 0 Å². The zero-order chi connectivity index (χ0) is 7.54. The zero-order valence-electron chi connectivity index (χ0n) is 6.52. The first-order valence-corrected chi connectivity index (χ1v) is 3.28. The lowest BCUT2D eigenvalue weighted by atomic mass is 10.7. The lowest BCUT2D eigenvalue weighted by molar-refractivity contribution is 0.788. The van der Waals surface area contributed by atoms with Gasteiger partial charge in [0.2, 0.25) is 0 Å². The first-order valence-electron chi connectivity index (χ1n) is 3.28. The second-order valence-corrected chi connectivity index (χ2v) is 1.03. The zero-order valence-corrected chi connectivity index (χ0v) is 6.52. The van der Waals surface area contributed by atoms with Gasteiger partial charge in [-0.1, -0.05) is 20.4 Å². The summed E-state index contributed by atoms with van der Waals surface area (Å²) in [6.45, 7) is 10.3. The van der Waals surface area contributed by atoms with Gasteiger partial charge in [-0.05, 0) is 13.0 Å². The van der Waals surface area contributed by atoms with Crippen molar-refractivity contribution in [1.82, 2.24) is 5.43 Å².